The van der Waals surface area contributed by atoms with Gasteiger partial charge in [-0.25, -0.2) is 4.39 Å². The smallest absolute Gasteiger partial charge is 0.149 e. The van der Waals surface area contributed by atoms with Crippen LogP contribution in [0.1, 0.15) is 26.3 Å². The highest BCUT2D eigenvalue weighted by Crippen LogP contribution is 2.19. The van der Waals surface area contributed by atoms with Crippen molar-refractivity contribution in [3.63, 3.8) is 0 Å². The Morgan fingerprint density at radius 2 is 2.18 bits per heavy atom. The first-order valence-corrected chi connectivity index (χ1v) is 5.67. The summed E-state index contributed by atoms with van der Waals surface area (Å²) in [4.78, 5) is 0. The molecule has 0 aliphatic heterocycles. The van der Waals surface area contributed by atoms with Gasteiger partial charge in [0.15, 0.2) is 0 Å². The zero-order valence-electron chi connectivity index (χ0n) is 10.5. The monoisotopic (exact) mass is 235 g/mol. The van der Waals surface area contributed by atoms with E-state index in [1.165, 1.54) is 12.1 Å². The van der Waals surface area contributed by atoms with Crippen LogP contribution in [0.2, 0.25) is 0 Å². The van der Waals surface area contributed by atoms with Crippen LogP contribution in [0, 0.1) is 17.7 Å². The van der Waals surface area contributed by atoms with E-state index in [1.54, 1.807) is 13.0 Å². The number of benzene rings is 1. The van der Waals surface area contributed by atoms with Crippen molar-refractivity contribution in [2.45, 2.75) is 33.4 Å². The highest BCUT2D eigenvalue weighted by molar-refractivity contribution is 5.34. The zero-order valence-corrected chi connectivity index (χ0v) is 10.5. The van der Waals surface area contributed by atoms with Crippen LogP contribution in [-0.4, -0.2) is 12.6 Å². The van der Waals surface area contributed by atoms with Crippen molar-refractivity contribution in [1.82, 2.24) is 5.32 Å². The van der Waals surface area contributed by atoms with Crippen molar-refractivity contribution in [3.8, 4) is 17.6 Å². The molecule has 0 aliphatic carbocycles. The maximum Gasteiger partial charge on any atom is 0.149 e. The molecule has 0 atom stereocenters. The highest BCUT2D eigenvalue weighted by atomic mass is 19.1. The van der Waals surface area contributed by atoms with Crippen molar-refractivity contribution in [1.29, 1.82) is 0 Å². The molecule has 0 radical (unpaired) electrons. The fourth-order valence-electron chi connectivity index (χ4n) is 1.33. The molecule has 1 aromatic carbocycles. The Hall–Kier alpha value is -1.53. The first kappa shape index (κ1) is 13.5. The Morgan fingerprint density at radius 3 is 2.82 bits per heavy atom. The van der Waals surface area contributed by atoms with Crippen molar-refractivity contribution < 1.29 is 9.13 Å². The van der Waals surface area contributed by atoms with E-state index in [1.807, 2.05) is 13.8 Å². The van der Waals surface area contributed by atoms with Gasteiger partial charge in [-0.05, 0) is 25.1 Å². The number of rotatable bonds is 5. The maximum absolute atomic E-state index is 13.1. The number of hydrogen-bond acceptors (Lipinski definition) is 2. The van der Waals surface area contributed by atoms with Gasteiger partial charge in [-0.15, -0.1) is 5.92 Å². The minimum atomic E-state index is -0.250. The number of hydrogen-bond donors (Lipinski definition) is 1. The zero-order chi connectivity index (χ0) is 12.7. The van der Waals surface area contributed by atoms with Crippen LogP contribution in [-0.2, 0) is 6.54 Å². The fourth-order valence-corrected chi connectivity index (χ4v) is 1.33. The minimum Gasteiger partial charge on any atom is -0.481 e. The van der Waals surface area contributed by atoms with Gasteiger partial charge in [0.25, 0.3) is 0 Å². The van der Waals surface area contributed by atoms with Gasteiger partial charge in [0.1, 0.15) is 18.2 Å². The van der Waals surface area contributed by atoms with Crippen molar-refractivity contribution >= 4 is 0 Å². The molecule has 0 unspecified atom stereocenters. The summed E-state index contributed by atoms with van der Waals surface area (Å²) >= 11 is 0. The Bertz CT molecular complexity index is 418. The van der Waals surface area contributed by atoms with Gasteiger partial charge in [0.05, 0.1) is 0 Å². The first-order chi connectivity index (χ1) is 8.13. The van der Waals surface area contributed by atoms with E-state index in [0.717, 1.165) is 5.56 Å². The summed E-state index contributed by atoms with van der Waals surface area (Å²) in [7, 11) is 0. The summed E-state index contributed by atoms with van der Waals surface area (Å²) in [6.07, 6.45) is 0. The Kier molecular flexibility index (Phi) is 5.51. The van der Waals surface area contributed by atoms with Crippen LogP contribution in [0.4, 0.5) is 4.39 Å². The predicted molar refractivity (Wildman–Crippen MR) is 67.3 cm³/mol. The average Bonchev–Trinajstić information content (AvgIpc) is 2.29. The molecule has 0 saturated heterocycles. The lowest BCUT2D eigenvalue weighted by molar-refractivity contribution is 0.363. The summed E-state index contributed by atoms with van der Waals surface area (Å²) in [5, 5.41) is 3.24. The van der Waals surface area contributed by atoms with Gasteiger partial charge < -0.3 is 10.1 Å². The van der Waals surface area contributed by atoms with Crippen LogP contribution < -0.4 is 10.1 Å². The predicted octanol–water partition coefficient (Wildman–Crippen LogP) is 2.73. The first-order valence-electron chi connectivity index (χ1n) is 5.67. The molecule has 0 bridgehead atoms. The van der Waals surface area contributed by atoms with E-state index in [9.17, 15) is 4.39 Å². The molecule has 1 aromatic rings. The van der Waals surface area contributed by atoms with E-state index in [4.69, 9.17) is 4.74 Å². The third kappa shape index (κ3) is 4.88. The van der Waals surface area contributed by atoms with Crippen LogP contribution in [0.15, 0.2) is 18.2 Å². The topological polar surface area (TPSA) is 21.3 Å². The van der Waals surface area contributed by atoms with E-state index in [-0.39, 0.29) is 5.82 Å². The lowest BCUT2D eigenvalue weighted by atomic mass is 10.2. The molecule has 92 valence electrons. The van der Waals surface area contributed by atoms with Crippen molar-refractivity contribution in [2.75, 3.05) is 6.61 Å². The third-order valence-electron chi connectivity index (χ3n) is 2.20. The van der Waals surface area contributed by atoms with Gasteiger partial charge in [-0.2, -0.15) is 0 Å². The molecule has 0 fully saturated rings. The van der Waals surface area contributed by atoms with Gasteiger partial charge in [-0.1, -0.05) is 19.8 Å². The van der Waals surface area contributed by atoms with Crippen LogP contribution >= 0.6 is 0 Å². The summed E-state index contributed by atoms with van der Waals surface area (Å²) in [5.41, 5.74) is 0.816. The van der Waals surface area contributed by atoms with E-state index in [0.29, 0.717) is 24.9 Å². The minimum absolute atomic E-state index is 0.250. The largest absolute Gasteiger partial charge is 0.481 e. The Morgan fingerprint density at radius 1 is 1.41 bits per heavy atom. The van der Waals surface area contributed by atoms with Crippen molar-refractivity contribution in [2.24, 2.45) is 0 Å². The molecule has 2 nitrogen and oxygen atoms in total. The molecule has 0 heterocycles. The lowest BCUT2D eigenvalue weighted by Gasteiger charge is -2.12. The summed E-state index contributed by atoms with van der Waals surface area (Å²) in [6.45, 7) is 6.77. The van der Waals surface area contributed by atoms with Gasteiger partial charge >= 0.3 is 0 Å². The highest BCUT2D eigenvalue weighted by Gasteiger charge is 2.05. The number of ether oxygens (including phenoxy) is 1. The average molecular weight is 235 g/mol. The molecule has 0 spiro atoms. The molecule has 0 aromatic heterocycles. The van der Waals surface area contributed by atoms with Gasteiger partial charge in [-0.3, -0.25) is 0 Å². The van der Waals surface area contributed by atoms with Crippen LogP contribution in [0.25, 0.3) is 0 Å². The third-order valence-corrected chi connectivity index (χ3v) is 2.20. The molecular weight excluding hydrogens is 217 g/mol. The molecule has 17 heavy (non-hydrogen) atoms. The molecule has 1 rings (SSSR count). The summed E-state index contributed by atoms with van der Waals surface area (Å²) in [6, 6.07) is 4.88. The molecule has 3 heteroatoms. The molecule has 1 N–H and O–H groups in total. The number of nitrogens with one attached hydrogen (secondary N) is 1. The lowest BCUT2D eigenvalue weighted by Crippen LogP contribution is -2.22. The van der Waals surface area contributed by atoms with Crippen LogP contribution in [0.5, 0.6) is 5.75 Å². The molecular formula is C14H18FNO. The quantitative estimate of drug-likeness (QED) is 0.792. The second-order valence-corrected chi connectivity index (χ2v) is 4.00. The molecule has 0 amide bonds. The Balaban J connectivity index is 2.74. The van der Waals surface area contributed by atoms with E-state index in [2.05, 4.69) is 17.2 Å². The van der Waals surface area contributed by atoms with E-state index < -0.39 is 0 Å². The van der Waals surface area contributed by atoms with Gasteiger partial charge in [0, 0.05) is 18.2 Å². The second kappa shape index (κ2) is 6.93. The van der Waals surface area contributed by atoms with E-state index >= 15 is 0 Å². The standard InChI is InChI=1S/C14H18FNO/c1-4-5-8-17-14-7-6-13(15)9-12(14)10-16-11(2)3/h6-7,9,11,16H,8,10H2,1-3H3. The van der Waals surface area contributed by atoms with Crippen LogP contribution in [0.3, 0.4) is 0 Å². The molecule has 0 saturated carbocycles. The van der Waals surface area contributed by atoms with Gasteiger partial charge in [0.2, 0.25) is 0 Å². The molecule has 0 aliphatic rings. The number of halogens is 1. The second-order valence-electron chi connectivity index (χ2n) is 4.00. The summed E-state index contributed by atoms with van der Waals surface area (Å²) < 4.78 is 18.6. The summed E-state index contributed by atoms with van der Waals surface area (Å²) in [5.74, 6) is 6.00. The fraction of sp³-hybridized carbons (Fsp3) is 0.429. The normalized spacial score (nSPS) is 9.94. The maximum atomic E-state index is 13.1. The SMILES string of the molecule is CC#CCOc1ccc(F)cc1CNC(C)C. The Labute approximate surface area is 102 Å². The van der Waals surface area contributed by atoms with Crippen molar-refractivity contribution in [3.05, 3.63) is 29.6 Å².